The first-order chi connectivity index (χ1) is 14.7. The van der Waals surface area contributed by atoms with Crippen LogP contribution in [0.4, 0.5) is 5.69 Å². The number of hydrogen-bond donors (Lipinski definition) is 1. The maximum absolute atomic E-state index is 12.3. The second-order valence-electron chi connectivity index (χ2n) is 7.72. The summed E-state index contributed by atoms with van der Waals surface area (Å²) in [5, 5.41) is 4.03. The lowest BCUT2D eigenvalue weighted by Gasteiger charge is -2.36. The molecule has 2 aromatic carbocycles. The number of piperazine rings is 1. The highest BCUT2D eigenvalue weighted by molar-refractivity contribution is 7.80. The van der Waals surface area contributed by atoms with Crippen LogP contribution in [0, 0.1) is 0 Å². The summed E-state index contributed by atoms with van der Waals surface area (Å²) in [6.45, 7) is 5.72. The number of ether oxygens (including phenoxy) is 1. The van der Waals surface area contributed by atoms with E-state index in [9.17, 15) is 4.79 Å². The second-order valence-corrected chi connectivity index (χ2v) is 8.11. The first kappa shape index (κ1) is 20.6. The average molecular weight is 425 g/mol. The average Bonchev–Trinajstić information content (AvgIpc) is 3.32. The Hall–Kier alpha value is -2.64. The van der Waals surface area contributed by atoms with Crippen molar-refractivity contribution in [3.8, 4) is 11.5 Å². The van der Waals surface area contributed by atoms with Crippen LogP contribution in [-0.2, 0) is 4.79 Å². The van der Waals surface area contributed by atoms with Crippen molar-refractivity contribution in [1.29, 1.82) is 0 Å². The maximum atomic E-state index is 12.3. The summed E-state index contributed by atoms with van der Waals surface area (Å²) in [4.78, 5) is 18.7. The van der Waals surface area contributed by atoms with Crippen molar-refractivity contribution >= 4 is 28.9 Å². The minimum Gasteiger partial charge on any atom is -0.457 e. The Kier molecular flexibility index (Phi) is 6.81. The van der Waals surface area contributed by atoms with Crippen LogP contribution < -0.4 is 10.1 Å². The zero-order valence-electron chi connectivity index (χ0n) is 17.1. The van der Waals surface area contributed by atoms with Crippen LogP contribution in [0.3, 0.4) is 0 Å². The number of benzene rings is 2. The minimum atomic E-state index is 0.263. The molecule has 0 spiro atoms. The first-order valence-corrected chi connectivity index (χ1v) is 11.0. The Morgan fingerprint density at radius 1 is 0.833 bits per heavy atom. The highest BCUT2D eigenvalue weighted by Gasteiger charge is 2.24. The predicted octanol–water partition coefficient (Wildman–Crippen LogP) is 3.42. The van der Waals surface area contributed by atoms with Crippen molar-refractivity contribution in [2.75, 3.05) is 51.1 Å². The number of thiocarbonyl (C=S) groups is 1. The number of amides is 1. The monoisotopic (exact) mass is 424 g/mol. The summed E-state index contributed by atoms with van der Waals surface area (Å²) in [6, 6.07) is 17.5. The van der Waals surface area contributed by atoms with E-state index in [0.29, 0.717) is 6.54 Å². The topological polar surface area (TPSA) is 48.1 Å². The molecule has 0 unspecified atom stereocenters. The van der Waals surface area contributed by atoms with Crippen LogP contribution in [0.2, 0.25) is 0 Å². The molecule has 30 heavy (non-hydrogen) atoms. The quantitative estimate of drug-likeness (QED) is 0.743. The molecule has 7 heteroatoms. The number of hydrogen-bond acceptors (Lipinski definition) is 4. The van der Waals surface area contributed by atoms with E-state index in [-0.39, 0.29) is 5.91 Å². The van der Waals surface area contributed by atoms with Crippen molar-refractivity contribution in [1.82, 2.24) is 14.7 Å². The van der Waals surface area contributed by atoms with E-state index >= 15 is 0 Å². The SMILES string of the molecule is O=C(CN1CCN(C(=S)Nc2ccc(Oc3ccccc3)cc2)CC1)N1CCCC1. The van der Waals surface area contributed by atoms with Crippen LogP contribution in [0.1, 0.15) is 12.8 Å². The number of anilines is 1. The van der Waals surface area contributed by atoms with E-state index in [1.807, 2.05) is 59.5 Å². The molecule has 0 atom stereocenters. The number of carbonyl (C=O) groups is 1. The predicted molar refractivity (Wildman–Crippen MR) is 123 cm³/mol. The van der Waals surface area contributed by atoms with Gasteiger partial charge in [-0.25, -0.2) is 0 Å². The van der Waals surface area contributed by atoms with Gasteiger partial charge in [-0.05, 0) is 61.5 Å². The van der Waals surface area contributed by atoms with E-state index < -0.39 is 0 Å². The Morgan fingerprint density at radius 2 is 1.47 bits per heavy atom. The third-order valence-electron chi connectivity index (χ3n) is 5.56. The van der Waals surface area contributed by atoms with Crippen molar-refractivity contribution in [3.05, 3.63) is 54.6 Å². The van der Waals surface area contributed by atoms with E-state index in [0.717, 1.165) is 74.4 Å². The van der Waals surface area contributed by atoms with Gasteiger partial charge in [0.05, 0.1) is 6.54 Å². The number of nitrogens with one attached hydrogen (secondary N) is 1. The van der Waals surface area contributed by atoms with Crippen LogP contribution in [-0.4, -0.2) is 71.5 Å². The lowest BCUT2D eigenvalue weighted by atomic mass is 10.3. The summed E-state index contributed by atoms with van der Waals surface area (Å²) >= 11 is 5.60. The van der Waals surface area contributed by atoms with Gasteiger partial charge in [-0.15, -0.1) is 0 Å². The number of likely N-dealkylation sites (tertiary alicyclic amines) is 1. The number of carbonyl (C=O) groups excluding carboxylic acids is 1. The van der Waals surface area contributed by atoms with Crippen molar-refractivity contribution in [3.63, 3.8) is 0 Å². The number of rotatable bonds is 5. The van der Waals surface area contributed by atoms with E-state index in [2.05, 4.69) is 15.1 Å². The van der Waals surface area contributed by atoms with E-state index in [1.54, 1.807) is 0 Å². The van der Waals surface area contributed by atoms with Gasteiger partial charge in [-0.1, -0.05) is 18.2 Å². The van der Waals surface area contributed by atoms with Crippen LogP contribution in [0.5, 0.6) is 11.5 Å². The van der Waals surface area contributed by atoms with E-state index in [1.165, 1.54) is 0 Å². The van der Waals surface area contributed by atoms with Gasteiger partial charge >= 0.3 is 0 Å². The molecule has 0 saturated carbocycles. The first-order valence-electron chi connectivity index (χ1n) is 10.6. The molecule has 6 nitrogen and oxygen atoms in total. The Balaban J connectivity index is 1.22. The standard InChI is InChI=1S/C23H28N4O2S/c28-22(26-12-4-5-13-26)18-25-14-16-27(17-15-25)23(30)24-19-8-10-21(11-9-19)29-20-6-2-1-3-7-20/h1-3,6-11H,4-5,12-18H2,(H,24,30). The van der Waals surface area contributed by atoms with Gasteiger partial charge in [-0.3, -0.25) is 9.69 Å². The van der Waals surface area contributed by atoms with Crippen LogP contribution >= 0.6 is 12.2 Å². The molecule has 0 aliphatic carbocycles. The molecule has 1 amide bonds. The third-order valence-corrected chi connectivity index (χ3v) is 5.92. The van der Waals surface area contributed by atoms with Gasteiger partial charge in [0.25, 0.3) is 0 Å². The van der Waals surface area contributed by atoms with Crippen molar-refractivity contribution in [2.45, 2.75) is 12.8 Å². The van der Waals surface area contributed by atoms with Crippen LogP contribution in [0.25, 0.3) is 0 Å². The third kappa shape index (κ3) is 5.49. The molecule has 2 aromatic rings. The molecule has 158 valence electrons. The van der Waals surface area contributed by atoms with E-state index in [4.69, 9.17) is 17.0 Å². The van der Waals surface area contributed by atoms with Crippen molar-refractivity contribution < 1.29 is 9.53 Å². The zero-order chi connectivity index (χ0) is 20.8. The molecular formula is C23H28N4O2S. The molecule has 2 aliphatic heterocycles. The summed E-state index contributed by atoms with van der Waals surface area (Å²) in [6.07, 6.45) is 2.28. The molecule has 0 aromatic heterocycles. The molecule has 2 heterocycles. The number of para-hydroxylation sites is 1. The molecule has 2 aliphatic rings. The van der Waals surface area contributed by atoms with Gasteiger partial charge in [-0.2, -0.15) is 0 Å². The normalized spacial score (nSPS) is 17.1. The fourth-order valence-corrected chi connectivity index (χ4v) is 4.10. The number of nitrogens with zero attached hydrogens (tertiary/aromatic N) is 3. The summed E-state index contributed by atoms with van der Waals surface area (Å²) in [5.74, 6) is 1.86. The second kappa shape index (κ2) is 9.91. The van der Waals surface area contributed by atoms with Gasteiger partial charge in [0, 0.05) is 45.0 Å². The zero-order valence-corrected chi connectivity index (χ0v) is 17.9. The molecular weight excluding hydrogens is 396 g/mol. The highest BCUT2D eigenvalue weighted by atomic mass is 32.1. The van der Waals surface area contributed by atoms with Gasteiger partial charge in [0.1, 0.15) is 11.5 Å². The Labute approximate surface area is 183 Å². The lowest BCUT2D eigenvalue weighted by molar-refractivity contribution is -0.131. The fraction of sp³-hybridized carbons (Fsp3) is 0.391. The molecule has 4 rings (SSSR count). The molecule has 0 bridgehead atoms. The minimum absolute atomic E-state index is 0.263. The Bertz CT molecular complexity index is 845. The summed E-state index contributed by atoms with van der Waals surface area (Å²) in [5.41, 5.74) is 0.937. The van der Waals surface area contributed by atoms with Crippen molar-refractivity contribution in [2.24, 2.45) is 0 Å². The fourth-order valence-electron chi connectivity index (χ4n) is 3.80. The maximum Gasteiger partial charge on any atom is 0.236 e. The van der Waals surface area contributed by atoms with Gasteiger partial charge in [0.2, 0.25) is 5.91 Å². The lowest BCUT2D eigenvalue weighted by Crippen LogP contribution is -2.52. The van der Waals surface area contributed by atoms with Gasteiger partial charge in [0.15, 0.2) is 5.11 Å². The summed E-state index contributed by atoms with van der Waals surface area (Å²) < 4.78 is 5.83. The van der Waals surface area contributed by atoms with Gasteiger partial charge < -0.3 is 19.9 Å². The molecule has 2 fully saturated rings. The smallest absolute Gasteiger partial charge is 0.236 e. The molecule has 1 N–H and O–H groups in total. The molecule has 2 saturated heterocycles. The van der Waals surface area contributed by atoms with Crippen LogP contribution in [0.15, 0.2) is 54.6 Å². The Morgan fingerprint density at radius 3 is 2.13 bits per heavy atom. The largest absolute Gasteiger partial charge is 0.457 e. The summed E-state index contributed by atoms with van der Waals surface area (Å²) in [7, 11) is 0. The highest BCUT2D eigenvalue weighted by Crippen LogP contribution is 2.23. The molecule has 0 radical (unpaired) electrons.